The Kier molecular flexibility index (Phi) is 3.07. The molecule has 0 saturated carbocycles. The van der Waals surface area contributed by atoms with E-state index in [2.05, 4.69) is 22.4 Å². The molecule has 0 aromatic carbocycles. The molecule has 1 aromatic heterocycles. The average Bonchev–Trinajstić information content (AvgIpc) is 3.00. The minimum absolute atomic E-state index is 0.0845. The Morgan fingerprint density at radius 1 is 1.44 bits per heavy atom. The third-order valence-electron chi connectivity index (χ3n) is 4.22. The molecule has 2 atom stereocenters. The Balaban J connectivity index is 1.74. The summed E-state index contributed by atoms with van der Waals surface area (Å²) in [5, 5.41) is 10.2. The van der Waals surface area contributed by atoms with E-state index in [-0.39, 0.29) is 5.91 Å². The lowest BCUT2D eigenvalue weighted by Crippen LogP contribution is -2.50. The van der Waals surface area contributed by atoms with Crippen LogP contribution in [0.15, 0.2) is 12.3 Å². The van der Waals surface area contributed by atoms with Crippen molar-refractivity contribution in [1.29, 1.82) is 0 Å². The third-order valence-corrected chi connectivity index (χ3v) is 4.22. The molecule has 1 amide bonds. The number of amides is 1. The number of aromatic amines is 1. The molecule has 2 aliphatic rings. The summed E-state index contributed by atoms with van der Waals surface area (Å²) in [7, 11) is 0. The molecule has 5 nitrogen and oxygen atoms in total. The lowest BCUT2D eigenvalue weighted by atomic mass is 9.98. The van der Waals surface area contributed by atoms with Crippen molar-refractivity contribution in [3.05, 3.63) is 18.0 Å². The third kappa shape index (κ3) is 2.03. The van der Waals surface area contributed by atoms with Gasteiger partial charge in [0.1, 0.15) is 5.69 Å². The highest BCUT2D eigenvalue weighted by atomic mass is 16.2. The van der Waals surface area contributed by atoms with Gasteiger partial charge < -0.3 is 10.2 Å². The molecule has 2 saturated heterocycles. The Bertz CT molecular complexity index is 405. The maximum absolute atomic E-state index is 12.4. The molecule has 98 valence electrons. The van der Waals surface area contributed by atoms with Crippen molar-refractivity contribution in [2.75, 3.05) is 6.54 Å². The molecule has 0 radical (unpaired) electrons. The fourth-order valence-electron chi connectivity index (χ4n) is 3.38. The van der Waals surface area contributed by atoms with Crippen molar-refractivity contribution in [3.8, 4) is 0 Å². The molecule has 2 unspecified atom stereocenters. The normalized spacial score (nSPS) is 30.4. The van der Waals surface area contributed by atoms with Crippen LogP contribution in [0.25, 0.3) is 0 Å². The number of carbonyl (C=O) groups excluding carboxylic acids is 1. The molecule has 5 heteroatoms. The number of hydrogen-bond donors (Lipinski definition) is 2. The minimum atomic E-state index is 0.0845. The van der Waals surface area contributed by atoms with E-state index >= 15 is 0 Å². The number of rotatable bonds is 3. The molecule has 2 bridgehead atoms. The molecule has 18 heavy (non-hydrogen) atoms. The van der Waals surface area contributed by atoms with Crippen molar-refractivity contribution in [2.45, 2.75) is 50.7 Å². The van der Waals surface area contributed by atoms with Crippen molar-refractivity contribution in [2.24, 2.45) is 0 Å². The van der Waals surface area contributed by atoms with Gasteiger partial charge in [-0.3, -0.25) is 9.89 Å². The van der Waals surface area contributed by atoms with Crippen LogP contribution >= 0.6 is 0 Å². The summed E-state index contributed by atoms with van der Waals surface area (Å²) in [6.45, 7) is 2.82. The summed E-state index contributed by atoms with van der Waals surface area (Å²) in [6, 6.07) is 3.35. The molecule has 2 N–H and O–H groups in total. The van der Waals surface area contributed by atoms with Crippen molar-refractivity contribution >= 4 is 5.91 Å². The number of nitrogens with one attached hydrogen (secondary N) is 2. The van der Waals surface area contributed by atoms with Crippen LogP contribution in [0.2, 0.25) is 0 Å². The van der Waals surface area contributed by atoms with Gasteiger partial charge in [0.05, 0.1) is 0 Å². The number of hydrogen-bond acceptors (Lipinski definition) is 3. The zero-order chi connectivity index (χ0) is 12.5. The molecule has 3 rings (SSSR count). The molecule has 2 aliphatic heterocycles. The summed E-state index contributed by atoms with van der Waals surface area (Å²) in [5.41, 5.74) is 0.600. The van der Waals surface area contributed by atoms with E-state index in [9.17, 15) is 4.79 Å². The maximum Gasteiger partial charge on any atom is 0.272 e. The summed E-state index contributed by atoms with van der Waals surface area (Å²) >= 11 is 0. The van der Waals surface area contributed by atoms with E-state index < -0.39 is 0 Å². The molecular weight excluding hydrogens is 228 g/mol. The highest BCUT2D eigenvalue weighted by molar-refractivity contribution is 5.92. The first kappa shape index (κ1) is 11.7. The standard InChI is InChI=1S/C13H20N4O/c1-2-17(13(18)12-5-6-14-16-12)11-7-9-3-4-10(8-11)15-9/h5-6,9-11,15H,2-4,7-8H2,1H3,(H,14,16). The molecule has 2 fully saturated rings. The number of H-pyrrole nitrogens is 1. The highest BCUT2D eigenvalue weighted by Crippen LogP contribution is 2.30. The second-order valence-corrected chi connectivity index (χ2v) is 5.32. The number of nitrogens with zero attached hydrogens (tertiary/aromatic N) is 2. The molecule has 0 aliphatic carbocycles. The van der Waals surface area contributed by atoms with Crippen molar-refractivity contribution < 1.29 is 4.79 Å². The van der Waals surface area contributed by atoms with Gasteiger partial charge in [-0.2, -0.15) is 5.10 Å². The van der Waals surface area contributed by atoms with Crippen LogP contribution in [0.5, 0.6) is 0 Å². The van der Waals surface area contributed by atoms with Gasteiger partial charge in [0.2, 0.25) is 0 Å². The minimum Gasteiger partial charge on any atom is -0.335 e. The number of aromatic nitrogens is 2. The molecule has 0 spiro atoms. The Morgan fingerprint density at radius 3 is 2.72 bits per heavy atom. The van der Waals surface area contributed by atoms with E-state index in [4.69, 9.17) is 0 Å². The van der Waals surface area contributed by atoms with Crippen LogP contribution in [-0.2, 0) is 0 Å². The van der Waals surface area contributed by atoms with E-state index in [1.54, 1.807) is 12.3 Å². The van der Waals surface area contributed by atoms with Crippen LogP contribution in [0.1, 0.15) is 43.1 Å². The number of piperidine rings is 1. The zero-order valence-electron chi connectivity index (χ0n) is 10.7. The summed E-state index contributed by atoms with van der Waals surface area (Å²) in [4.78, 5) is 14.4. The van der Waals surface area contributed by atoms with Crippen LogP contribution in [0, 0.1) is 0 Å². The van der Waals surface area contributed by atoms with Gasteiger partial charge >= 0.3 is 0 Å². The van der Waals surface area contributed by atoms with Crippen LogP contribution in [0.3, 0.4) is 0 Å². The van der Waals surface area contributed by atoms with Gasteiger partial charge in [0, 0.05) is 30.9 Å². The topological polar surface area (TPSA) is 61.0 Å². The SMILES string of the molecule is CCN(C(=O)c1ccn[nH]1)C1CC2CCC(C1)N2. The average molecular weight is 248 g/mol. The number of carbonyl (C=O) groups is 1. The van der Waals surface area contributed by atoms with Crippen molar-refractivity contribution in [1.82, 2.24) is 20.4 Å². The highest BCUT2D eigenvalue weighted by Gasteiger charge is 2.37. The smallest absolute Gasteiger partial charge is 0.272 e. The Morgan fingerprint density at radius 2 is 2.17 bits per heavy atom. The zero-order valence-corrected chi connectivity index (χ0v) is 10.7. The summed E-state index contributed by atoms with van der Waals surface area (Å²) in [5.74, 6) is 0.0845. The van der Waals surface area contributed by atoms with E-state index in [0.717, 1.165) is 19.4 Å². The Hall–Kier alpha value is -1.36. The van der Waals surface area contributed by atoms with Gasteiger partial charge in [-0.1, -0.05) is 0 Å². The largest absolute Gasteiger partial charge is 0.335 e. The van der Waals surface area contributed by atoms with Crippen LogP contribution in [0.4, 0.5) is 0 Å². The summed E-state index contributed by atoms with van der Waals surface area (Å²) in [6.07, 6.45) is 6.33. The fraction of sp³-hybridized carbons (Fsp3) is 0.692. The van der Waals surface area contributed by atoms with Gasteiger partial charge in [0.25, 0.3) is 5.91 Å². The van der Waals surface area contributed by atoms with Gasteiger partial charge in [-0.05, 0) is 38.7 Å². The van der Waals surface area contributed by atoms with Crippen LogP contribution in [-0.4, -0.2) is 45.7 Å². The van der Waals surface area contributed by atoms with Crippen molar-refractivity contribution in [3.63, 3.8) is 0 Å². The Labute approximate surface area is 107 Å². The van der Waals surface area contributed by atoms with E-state index in [1.807, 2.05) is 4.90 Å². The molecule has 1 aromatic rings. The van der Waals surface area contributed by atoms with Gasteiger partial charge in [-0.25, -0.2) is 0 Å². The van der Waals surface area contributed by atoms with Gasteiger partial charge in [-0.15, -0.1) is 0 Å². The predicted molar refractivity (Wildman–Crippen MR) is 68.3 cm³/mol. The monoisotopic (exact) mass is 248 g/mol. The second-order valence-electron chi connectivity index (χ2n) is 5.32. The quantitative estimate of drug-likeness (QED) is 0.843. The first-order chi connectivity index (χ1) is 8.78. The molecular formula is C13H20N4O. The second kappa shape index (κ2) is 4.72. The maximum atomic E-state index is 12.4. The number of fused-ring (bicyclic) bond motifs is 2. The first-order valence-corrected chi connectivity index (χ1v) is 6.84. The molecule has 3 heterocycles. The summed E-state index contributed by atoms with van der Waals surface area (Å²) < 4.78 is 0. The predicted octanol–water partition coefficient (Wildman–Crippen LogP) is 1.15. The fourth-order valence-corrected chi connectivity index (χ4v) is 3.38. The lowest BCUT2D eigenvalue weighted by Gasteiger charge is -2.37. The van der Waals surface area contributed by atoms with E-state index in [0.29, 0.717) is 23.8 Å². The lowest BCUT2D eigenvalue weighted by molar-refractivity contribution is 0.0625. The van der Waals surface area contributed by atoms with Crippen LogP contribution < -0.4 is 5.32 Å². The van der Waals surface area contributed by atoms with E-state index in [1.165, 1.54) is 12.8 Å². The first-order valence-electron chi connectivity index (χ1n) is 6.84. The van der Waals surface area contributed by atoms with Gasteiger partial charge in [0.15, 0.2) is 0 Å².